The third kappa shape index (κ3) is 4.49. The number of Topliss-reactive ketones (excluding diaryl/α,β-unsaturated/α-hetero) is 1. The van der Waals surface area contributed by atoms with Gasteiger partial charge in [0.15, 0.2) is 0 Å². The van der Waals surface area contributed by atoms with Crippen molar-refractivity contribution < 1.29 is 4.79 Å². The Labute approximate surface area is 118 Å². The summed E-state index contributed by atoms with van der Waals surface area (Å²) in [4.78, 5) is 12.0. The van der Waals surface area contributed by atoms with Crippen LogP contribution in [-0.4, -0.2) is 5.78 Å². The lowest BCUT2D eigenvalue weighted by molar-refractivity contribution is -0.124. The van der Waals surface area contributed by atoms with Gasteiger partial charge in [0.2, 0.25) is 0 Å². The van der Waals surface area contributed by atoms with Crippen molar-refractivity contribution in [1.29, 1.82) is 0 Å². The Morgan fingerprint density at radius 1 is 1.32 bits per heavy atom. The molecule has 0 saturated heterocycles. The first-order chi connectivity index (χ1) is 8.97. The van der Waals surface area contributed by atoms with Gasteiger partial charge in [-0.2, -0.15) is 0 Å². The third-order valence-corrected chi connectivity index (χ3v) is 4.15. The molecule has 0 amide bonds. The largest absolute Gasteiger partial charge is 0.299 e. The van der Waals surface area contributed by atoms with E-state index in [4.69, 9.17) is 0 Å². The predicted octanol–water partition coefficient (Wildman–Crippen LogP) is 5.24. The van der Waals surface area contributed by atoms with Gasteiger partial charge in [0.1, 0.15) is 5.78 Å². The fraction of sp³-hybridized carbons (Fsp3) is 0.611. The van der Waals surface area contributed by atoms with Crippen LogP contribution in [0.2, 0.25) is 0 Å². The number of hydrogen-bond donors (Lipinski definition) is 0. The number of rotatable bonds is 6. The van der Waals surface area contributed by atoms with Crippen LogP contribution >= 0.6 is 0 Å². The molecule has 0 saturated carbocycles. The van der Waals surface area contributed by atoms with Gasteiger partial charge in [0.25, 0.3) is 0 Å². The molecule has 19 heavy (non-hydrogen) atoms. The maximum absolute atomic E-state index is 12.0. The van der Waals surface area contributed by atoms with E-state index in [1.807, 2.05) is 6.92 Å². The molecule has 1 heteroatoms. The number of allylic oxidation sites excluding steroid dienone is 5. The first-order valence-corrected chi connectivity index (χ1v) is 7.49. The molecule has 0 aliphatic heterocycles. The molecule has 2 atom stereocenters. The molecule has 0 aromatic carbocycles. The maximum atomic E-state index is 12.0. The van der Waals surface area contributed by atoms with Crippen LogP contribution < -0.4 is 0 Å². The van der Waals surface area contributed by atoms with Crippen LogP contribution in [0.3, 0.4) is 0 Å². The fourth-order valence-electron chi connectivity index (χ4n) is 3.06. The number of hydrogen-bond acceptors (Lipinski definition) is 1. The Morgan fingerprint density at radius 2 is 2.00 bits per heavy atom. The second kappa shape index (κ2) is 7.47. The van der Waals surface area contributed by atoms with E-state index < -0.39 is 0 Å². The summed E-state index contributed by atoms with van der Waals surface area (Å²) < 4.78 is 0. The van der Waals surface area contributed by atoms with Gasteiger partial charge in [-0.05, 0) is 57.9 Å². The van der Waals surface area contributed by atoms with E-state index >= 15 is 0 Å². The molecule has 0 radical (unpaired) electrons. The molecular formula is C18H28O. The quantitative estimate of drug-likeness (QED) is 0.471. The van der Waals surface area contributed by atoms with Crippen LogP contribution in [0.15, 0.2) is 35.5 Å². The van der Waals surface area contributed by atoms with E-state index in [-0.39, 0.29) is 5.92 Å². The summed E-state index contributed by atoms with van der Waals surface area (Å²) >= 11 is 0. The summed E-state index contributed by atoms with van der Waals surface area (Å²) in [5, 5.41) is 0. The molecule has 1 aliphatic rings. The van der Waals surface area contributed by atoms with Gasteiger partial charge in [0, 0.05) is 12.3 Å². The zero-order chi connectivity index (χ0) is 14.4. The monoisotopic (exact) mass is 260 g/mol. The highest BCUT2D eigenvalue weighted by Crippen LogP contribution is 2.32. The van der Waals surface area contributed by atoms with Gasteiger partial charge in [-0.3, -0.25) is 4.79 Å². The summed E-state index contributed by atoms with van der Waals surface area (Å²) in [6.07, 6.45) is 9.38. The average molecular weight is 260 g/mol. The summed E-state index contributed by atoms with van der Waals surface area (Å²) in [6.45, 7) is 12.4. The van der Waals surface area contributed by atoms with Crippen molar-refractivity contribution in [2.75, 3.05) is 0 Å². The zero-order valence-corrected chi connectivity index (χ0v) is 13.0. The van der Waals surface area contributed by atoms with Gasteiger partial charge in [-0.25, -0.2) is 0 Å². The topological polar surface area (TPSA) is 17.1 Å². The van der Waals surface area contributed by atoms with E-state index in [9.17, 15) is 4.79 Å². The molecule has 0 spiro atoms. The van der Waals surface area contributed by atoms with Crippen molar-refractivity contribution in [3.05, 3.63) is 35.5 Å². The first kappa shape index (κ1) is 15.9. The van der Waals surface area contributed by atoms with Crippen molar-refractivity contribution in [1.82, 2.24) is 0 Å². The third-order valence-electron chi connectivity index (χ3n) is 4.15. The van der Waals surface area contributed by atoms with Gasteiger partial charge >= 0.3 is 0 Å². The summed E-state index contributed by atoms with van der Waals surface area (Å²) in [5.41, 5.74) is 3.89. The molecule has 0 aromatic rings. The molecule has 0 N–H and O–H groups in total. The van der Waals surface area contributed by atoms with Crippen molar-refractivity contribution in [2.45, 2.75) is 59.8 Å². The van der Waals surface area contributed by atoms with E-state index in [1.165, 1.54) is 11.1 Å². The van der Waals surface area contributed by atoms with E-state index in [0.717, 1.165) is 31.3 Å². The Morgan fingerprint density at radius 3 is 2.53 bits per heavy atom. The van der Waals surface area contributed by atoms with Crippen LogP contribution in [0.1, 0.15) is 59.8 Å². The molecule has 1 aliphatic carbocycles. The highest BCUT2D eigenvalue weighted by molar-refractivity contribution is 5.81. The average Bonchev–Trinajstić information content (AvgIpc) is 2.37. The lowest BCUT2D eigenvalue weighted by Gasteiger charge is -2.27. The normalized spacial score (nSPS) is 22.1. The second-order valence-corrected chi connectivity index (χ2v) is 5.89. The molecule has 0 unspecified atom stereocenters. The Hall–Kier alpha value is -1.11. The van der Waals surface area contributed by atoms with Gasteiger partial charge in [-0.1, -0.05) is 36.8 Å². The van der Waals surface area contributed by atoms with Crippen molar-refractivity contribution in [3.63, 3.8) is 0 Å². The summed E-state index contributed by atoms with van der Waals surface area (Å²) in [7, 11) is 0. The van der Waals surface area contributed by atoms with Gasteiger partial charge in [0.05, 0.1) is 0 Å². The minimum Gasteiger partial charge on any atom is -0.299 e. The SMILES string of the molecule is C=C(C)C(CC[C@@H]1C=CCC[C@H]1C(=O)CC)=C(C)C. The minimum absolute atomic E-state index is 0.249. The predicted molar refractivity (Wildman–Crippen MR) is 83.1 cm³/mol. The Kier molecular flexibility index (Phi) is 6.27. The highest BCUT2D eigenvalue weighted by atomic mass is 16.1. The Bertz CT molecular complexity index is 394. The minimum atomic E-state index is 0.249. The Balaban J connectivity index is 2.71. The van der Waals surface area contributed by atoms with Crippen LogP contribution in [0.5, 0.6) is 0 Å². The van der Waals surface area contributed by atoms with Gasteiger partial charge < -0.3 is 0 Å². The summed E-state index contributed by atoms with van der Waals surface area (Å²) in [6, 6.07) is 0. The van der Waals surface area contributed by atoms with Crippen LogP contribution in [0, 0.1) is 11.8 Å². The number of ketones is 1. The van der Waals surface area contributed by atoms with Crippen molar-refractivity contribution >= 4 is 5.78 Å². The number of carbonyl (C=O) groups excluding carboxylic acids is 1. The smallest absolute Gasteiger partial charge is 0.136 e. The number of carbonyl (C=O) groups is 1. The highest BCUT2D eigenvalue weighted by Gasteiger charge is 2.26. The second-order valence-electron chi connectivity index (χ2n) is 5.89. The molecule has 0 fully saturated rings. The van der Waals surface area contributed by atoms with Gasteiger partial charge in [-0.15, -0.1) is 0 Å². The standard InChI is InChI=1S/C18H28O/c1-6-18(19)17-10-8-7-9-15(17)11-12-16(13(2)3)14(4)5/h7,9,15,17H,2,6,8,10-12H2,1,3-5H3/t15-,17+/m0/s1. The maximum Gasteiger partial charge on any atom is 0.136 e. The molecule has 106 valence electrons. The zero-order valence-electron chi connectivity index (χ0n) is 13.0. The lowest BCUT2D eigenvalue weighted by Crippen LogP contribution is -2.24. The molecular weight excluding hydrogens is 232 g/mol. The van der Waals surface area contributed by atoms with E-state index in [2.05, 4.69) is 39.5 Å². The summed E-state index contributed by atoms with van der Waals surface area (Å²) in [5.74, 6) is 1.11. The van der Waals surface area contributed by atoms with Crippen LogP contribution in [0.25, 0.3) is 0 Å². The fourth-order valence-corrected chi connectivity index (χ4v) is 3.06. The van der Waals surface area contributed by atoms with Crippen molar-refractivity contribution in [3.8, 4) is 0 Å². The molecule has 1 nitrogen and oxygen atoms in total. The lowest BCUT2D eigenvalue weighted by atomic mass is 9.77. The van der Waals surface area contributed by atoms with Crippen LogP contribution in [-0.2, 0) is 4.79 Å². The van der Waals surface area contributed by atoms with E-state index in [0.29, 0.717) is 18.1 Å². The first-order valence-electron chi connectivity index (χ1n) is 7.49. The molecule has 1 rings (SSSR count). The van der Waals surface area contributed by atoms with Crippen molar-refractivity contribution in [2.24, 2.45) is 11.8 Å². The molecule has 0 heterocycles. The molecule has 0 bridgehead atoms. The molecule has 0 aromatic heterocycles. The van der Waals surface area contributed by atoms with Crippen LogP contribution in [0.4, 0.5) is 0 Å². The van der Waals surface area contributed by atoms with E-state index in [1.54, 1.807) is 0 Å².